The summed E-state index contributed by atoms with van der Waals surface area (Å²) < 4.78 is 12.3. The minimum atomic E-state index is 0.230. The van der Waals surface area contributed by atoms with E-state index in [4.69, 9.17) is 1.37 Å². The molecular formula is C25H28NS+. The first-order valence-electron chi connectivity index (χ1n) is 10.1. The Balaban J connectivity index is 2.03. The van der Waals surface area contributed by atoms with Gasteiger partial charge in [0.2, 0.25) is 5.69 Å². The van der Waals surface area contributed by atoms with Crippen LogP contribution in [0.1, 0.15) is 39.0 Å². The summed E-state index contributed by atoms with van der Waals surface area (Å²) in [7, 11) is 2.09. The molecular weight excluding hydrogens is 346 g/mol. The maximum atomic E-state index is 8.76. The zero-order valence-corrected chi connectivity index (χ0v) is 17.9. The molecule has 138 valence electrons. The molecule has 0 aliphatic rings. The van der Waals surface area contributed by atoms with Gasteiger partial charge in [0.1, 0.15) is 7.05 Å². The third-order valence-corrected chi connectivity index (χ3v) is 6.16. The monoisotopic (exact) mass is 375 g/mol. The summed E-state index contributed by atoms with van der Waals surface area (Å²) in [6.07, 6.45) is 1.01. The Labute approximate surface area is 167 Å². The average Bonchev–Trinajstić information content (AvgIpc) is 3.06. The van der Waals surface area contributed by atoms with Gasteiger partial charge in [0.05, 0.1) is 12.3 Å². The summed E-state index contributed by atoms with van der Waals surface area (Å²) in [5.41, 5.74) is 6.28. The standard InChI is InChI=1S/C25H28NS/c1-16-11-19-9-10-27-23(19)14-22(16)24-21-8-7-18(15-25(3,4)5)13-20(21)12-17(2)26(24)6/h7-14H,15H2,1-6H3/q+1/i12D. The maximum absolute atomic E-state index is 8.76. The van der Waals surface area contributed by atoms with Gasteiger partial charge >= 0.3 is 0 Å². The Morgan fingerprint density at radius 3 is 2.56 bits per heavy atom. The van der Waals surface area contributed by atoms with E-state index in [1.165, 1.54) is 32.5 Å². The first-order chi connectivity index (χ1) is 13.2. The maximum Gasteiger partial charge on any atom is 0.220 e. The van der Waals surface area contributed by atoms with Crippen molar-refractivity contribution in [2.24, 2.45) is 12.5 Å². The topological polar surface area (TPSA) is 3.88 Å². The van der Waals surface area contributed by atoms with Crippen LogP contribution in [0.25, 0.3) is 32.1 Å². The van der Waals surface area contributed by atoms with E-state index in [1.54, 1.807) is 11.3 Å². The molecule has 0 bridgehead atoms. The fourth-order valence-corrected chi connectivity index (χ4v) is 4.77. The number of aromatic nitrogens is 1. The lowest BCUT2D eigenvalue weighted by Gasteiger charge is -2.18. The molecule has 2 heteroatoms. The van der Waals surface area contributed by atoms with Crippen LogP contribution in [-0.2, 0) is 13.5 Å². The predicted octanol–water partition coefficient (Wildman–Crippen LogP) is 6.75. The van der Waals surface area contributed by atoms with Crippen LogP contribution in [-0.4, -0.2) is 0 Å². The molecule has 0 aliphatic carbocycles. The third kappa shape index (κ3) is 3.39. The molecule has 2 heterocycles. The number of pyridine rings is 1. The molecule has 0 amide bonds. The SMILES string of the molecule is [2H]c1c(C)[n+](C)c(-c2cc3sccc3cc2C)c2ccc(CC(C)(C)C)cc12. The average molecular weight is 376 g/mol. The largest absolute Gasteiger partial charge is 0.220 e. The first-order valence-corrected chi connectivity index (χ1v) is 10.4. The van der Waals surface area contributed by atoms with E-state index in [0.717, 1.165) is 22.9 Å². The van der Waals surface area contributed by atoms with Gasteiger partial charge in [-0.2, -0.15) is 4.57 Å². The van der Waals surface area contributed by atoms with Crippen molar-refractivity contribution in [2.75, 3.05) is 0 Å². The molecule has 0 spiro atoms. The Bertz CT molecular complexity index is 1210. The van der Waals surface area contributed by atoms with Gasteiger partial charge < -0.3 is 0 Å². The molecule has 2 aromatic heterocycles. The van der Waals surface area contributed by atoms with Crippen LogP contribution in [0.3, 0.4) is 0 Å². The fourth-order valence-electron chi connectivity index (χ4n) is 3.95. The summed E-state index contributed by atoms with van der Waals surface area (Å²) in [5.74, 6) is 0. The van der Waals surface area contributed by atoms with Crippen LogP contribution in [0.4, 0.5) is 0 Å². The number of fused-ring (bicyclic) bond motifs is 2. The normalized spacial score (nSPS) is 12.7. The van der Waals surface area contributed by atoms with Crippen molar-refractivity contribution in [3.8, 4) is 11.3 Å². The molecule has 0 atom stereocenters. The van der Waals surface area contributed by atoms with Crippen molar-refractivity contribution in [3.05, 3.63) is 64.6 Å². The minimum Gasteiger partial charge on any atom is -0.198 e. The quantitative estimate of drug-likeness (QED) is 0.341. The first kappa shape index (κ1) is 16.9. The van der Waals surface area contributed by atoms with E-state index in [-0.39, 0.29) is 5.41 Å². The molecule has 2 aromatic carbocycles. The number of hydrogen-bond acceptors (Lipinski definition) is 1. The van der Waals surface area contributed by atoms with Crippen LogP contribution in [0.15, 0.2) is 47.8 Å². The summed E-state index contributed by atoms with van der Waals surface area (Å²) >= 11 is 1.79. The molecule has 4 aromatic rings. The second kappa shape index (κ2) is 6.45. The van der Waals surface area contributed by atoms with Gasteiger partial charge in [-0.25, -0.2) is 0 Å². The number of hydrogen-bond donors (Lipinski definition) is 0. The number of benzene rings is 2. The predicted molar refractivity (Wildman–Crippen MR) is 119 cm³/mol. The van der Waals surface area contributed by atoms with Crippen molar-refractivity contribution in [2.45, 2.75) is 41.0 Å². The Hall–Kier alpha value is -2.19. The van der Waals surface area contributed by atoms with E-state index >= 15 is 0 Å². The highest BCUT2D eigenvalue weighted by Crippen LogP contribution is 2.34. The summed E-state index contributed by atoms with van der Waals surface area (Å²) in [6.45, 7) is 11.0. The molecule has 1 nitrogen and oxygen atoms in total. The van der Waals surface area contributed by atoms with Crippen LogP contribution in [0, 0.1) is 19.3 Å². The molecule has 4 rings (SSSR count). The fraction of sp³-hybridized carbons (Fsp3) is 0.320. The summed E-state index contributed by atoms with van der Waals surface area (Å²) in [4.78, 5) is 0. The summed E-state index contributed by atoms with van der Waals surface area (Å²) in [5, 5.41) is 5.68. The van der Waals surface area contributed by atoms with E-state index in [1.807, 2.05) is 0 Å². The molecule has 0 fully saturated rings. The van der Waals surface area contributed by atoms with Gasteiger partial charge in [0.25, 0.3) is 0 Å². The highest BCUT2D eigenvalue weighted by atomic mass is 32.1. The van der Waals surface area contributed by atoms with Gasteiger partial charge in [0, 0.05) is 17.7 Å². The van der Waals surface area contributed by atoms with Crippen molar-refractivity contribution in [1.82, 2.24) is 0 Å². The summed E-state index contributed by atoms with van der Waals surface area (Å²) in [6, 6.07) is 14.1. The Morgan fingerprint density at radius 1 is 1.04 bits per heavy atom. The van der Waals surface area contributed by atoms with Crippen LogP contribution in [0.5, 0.6) is 0 Å². The zero-order valence-electron chi connectivity index (χ0n) is 18.1. The molecule has 0 saturated heterocycles. The van der Waals surface area contributed by atoms with Crippen LogP contribution >= 0.6 is 11.3 Å². The third-order valence-electron chi connectivity index (χ3n) is 5.28. The molecule has 0 unspecified atom stereocenters. The van der Waals surface area contributed by atoms with Gasteiger partial charge in [-0.3, -0.25) is 0 Å². The molecule has 0 saturated carbocycles. The van der Waals surface area contributed by atoms with Crippen LogP contribution < -0.4 is 4.57 Å². The van der Waals surface area contributed by atoms with Gasteiger partial charge in [-0.15, -0.1) is 11.3 Å². The smallest absolute Gasteiger partial charge is 0.198 e. The van der Waals surface area contributed by atoms with Crippen molar-refractivity contribution >= 4 is 32.2 Å². The van der Waals surface area contributed by atoms with Gasteiger partial charge in [-0.05, 0) is 70.3 Å². The molecule has 27 heavy (non-hydrogen) atoms. The van der Waals surface area contributed by atoms with Crippen molar-refractivity contribution < 1.29 is 5.94 Å². The minimum absolute atomic E-state index is 0.230. The molecule has 0 radical (unpaired) electrons. The number of aryl methyl sites for hydroxylation is 1. The van der Waals surface area contributed by atoms with Crippen molar-refractivity contribution in [1.29, 1.82) is 0 Å². The highest BCUT2D eigenvalue weighted by Gasteiger charge is 2.21. The van der Waals surface area contributed by atoms with E-state index in [2.05, 4.69) is 88.0 Å². The number of thiophene rings is 1. The second-order valence-electron chi connectivity index (χ2n) is 8.86. The second-order valence-corrected chi connectivity index (χ2v) is 9.81. The van der Waals surface area contributed by atoms with Gasteiger partial charge in [0.15, 0.2) is 5.69 Å². The lowest BCUT2D eigenvalue weighted by Crippen LogP contribution is -2.35. The zero-order chi connectivity index (χ0) is 20.2. The Morgan fingerprint density at radius 2 is 1.81 bits per heavy atom. The van der Waals surface area contributed by atoms with E-state index in [9.17, 15) is 0 Å². The highest BCUT2D eigenvalue weighted by molar-refractivity contribution is 7.17. The number of nitrogens with zero attached hydrogens (tertiary/aromatic N) is 1. The number of rotatable bonds is 2. The van der Waals surface area contributed by atoms with Crippen LogP contribution in [0.2, 0.25) is 0 Å². The van der Waals surface area contributed by atoms with Crippen molar-refractivity contribution in [3.63, 3.8) is 0 Å². The molecule has 0 aliphatic heterocycles. The van der Waals surface area contributed by atoms with E-state index in [0.29, 0.717) is 6.04 Å². The Kier molecular flexibility index (Phi) is 4.05. The van der Waals surface area contributed by atoms with E-state index < -0.39 is 0 Å². The lowest BCUT2D eigenvalue weighted by atomic mass is 9.87. The molecule has 0 N–H and O–H groups in total. The van der Waals surface area contributed by atoms with Gasteiger partial charge in [-0.1, -0.05) is 32.9 Å². The lowest BCUT2D eigenvalue weighted by molar-refractivity contribution is -0.665.